The highest BCUT2D eigenvalue weighted by atomic mass is 16.1. The molecule has 1 amide bonds. The summed E-state index contributed by atoms with van der Waals surface area (Å²) in [4.78, 5) is 14.5. The minimum atomic E-state index is -0.0996. The van der Waals surface area contributed by atoms with Crippen molar-refractivity contribution >= 4 is 5.91 Å². The first-order valence-corrected chi connectivity index (χ1v) is 8.09. The fourth-order valence-electron chi connectivity index (χ4n) is 3.31. The molecule has 2 atom stereocenters. The fraction of sp³-hybridized carbons (Fsp3) is 0.556. The predicted octanol–water partition coefficient (Wildman–Crippen LogP) is 2.66. The molecule has 0 radical (unpaired) electrons. The number of hydrogen-bond donors (Lipinski definition) is 1. The summed E-state index contributed by atoms with van der Waals surface area (Å²) in [6, 6.07) is 8.87. The molecular weight excluding hydrogens is 274 g/mol. The summed E-state index contributed by atoms with van der Waals surface area (Å²) in [5, 5.41) is 11.8. The van der Waals surface area contributed by atoms with Crippen LogP contribution in [0, 0.1) is 23.2 Å². The van der Waals surface area contributed by atoms with Crippen LogP contribution < -0.4 is 5.32 Å². The lowest BCUT2D eigenvalue weighted by Gasteiger charge is -2.34. The van der Waals surface area contributed by atoms with E-state index >= 15 is 0 Å². The van der Waals surface area contributed by atoms with Crippen molar-refractivity contribution in [2.45, 2.75) is 26.7 Å². The zero-order valence-corrected chi connectivity index (χ0v) is 13.5. The highest BCUT2D eigenvalue weighted by Crippen LogP contribution is 2.20. The molecule has 4 heteroatoms. The standard InChI is InChI=1S/C18H25N3O/c1-14-9-15(2)13-21(12-14)8-4-7-20-18(22)17-6-3-5-16(10-17)11-19/h3,5-6,10,14-15H,4,7-9,12-13H2,1-2H3,(H,20,22)/t14-,15-/m0/s1. The molecule has 0 bridgehead atoms. The van der Waals surface area contributed by atoms with Gasteiger partial charge in [0.2, 0.25) is 0 Å². The summed E-state index contributed by atoms with van der Waals surface area (Å²) < 4.78 is 0. The van der Waals surface area contributed by atoms with Gasteiger partial charge in [0, 0.05) is 25.2 Å². The Morgan fingerprint density at radius 2 is 2.09 bits per heavy atom. The quantitative estimate of drug-likeness (QED) is 0.850. The number of carbonyl (C=O) groups is 1. The van der Waals surface area contributed by atoms with E-state index in [0.29, 0.717) is 17.7 Å². The first-order chi connectivity index (χ1) is 10.6. The first-order valence-electron chi connectivity index (χ1n) is 8.09. The van der Waals surface area contributed by atoms with Crippen LogP contribution in [0.25, 0.3) is 0 Å². The van der Waals surface area contributed by atoms with Gasteiger partial charge in [-0.3, -0.25) is 4.79 Å². The largest absolute Gasteiger partial charge is 0.352 e. The number of nitriles is 1. The molecule has 1 aromatic rings. The average Bonchev–Trinajstić information content (AvgIpc) is 2.50. The molecule has 118 valence electrons. The van der Waals surface area contributed by atoms with Crippen molar-refractivity contribution in [2.24, 2.45) is 11.8 Å². The number of amides is 1. The molecule has 1 N–H and O–H groups in total. The van der Waals surface area contributed by atoms with Gasteiger partial charge in [-0.2, -0.15) is 5.26 Å². The Hall–Kier alpha value is -1.86. The van der Waals surface area contributed by atoms with Gasteiger partial charge in [-0.05, 0) is 49.4 Å². The molecule has 1 saturated heterocycles. The van der Waals surface area contributed by atoms with E-state index in [4.69, 9.17) is 5.26 Å². The van der Waals surface area contributed by atoms with Crippen LogP contribution in [-0.2, 0) is 0 Å². The van der Waals surface area contributed by atoms with Crippen molar-refractivity contribution in [2.75, 3.05) is 26.2 Å². The SMILES string of the molecule is C[C@H]1C[C@H](C)CN(CCCNC(=O)c2cccc(C#N)c2)C1. The van der Waals surface area contributed by atoms with Gasteiger partial charge >= 0.3 is 0 Å². The zero-order valence-electron chi connectivity index (χ0n) is 13.5. The van der Waals surface area contributed by atoms with Crippen molar-refractivity contribution < 1.29 is 4.79 Å². The number of benzene rings is 1. The van der Waals surface area contributed by atoms with Crippen LogP contribution in [0.1, 0.15) is 42.6 Å². The lowest BCUT2D eigenvalue weighted by Crippen LogP contribution is -2.40. The molecule has 1 heterocycles. The van der Waals surface area contributed by atoms with E-state index in [-0.39, 0.29) is 5.91 Å². The molecule has 1 fully saturated rings. The predicted molar refractivity (Wildman–Crippen MR) is 87.5 cm³/mol. The molecule has 2 rings (SSSR count). The average molecular weight is 299 g/mol. The maximum Gasteiger partial charge on any atom is 0.251 e. The van der Waals surface area contributed by atoms with E-state index < -0.39 is 0 Å². The Labute approximate surface area is 133 Å². The third-order valence-electron chi connectivity index (χ3n) is 4.14. The van der Waals surface area contributed by atoms with Crippen LogP contribution in [0.15, 0.2) is 24.3 Å². The monoisotopic (exact) mass is 299 g/mol. The Kier molecular flexibility index (Phi) is 5.97. The number of carbonyl (C=O) groups excluding carboxylic acids is 1. The van der Waals surface area contributed by atoms with E-state index in [9.17, 15) is 4.79 Å². The fourth-order valence-corrected chi connectivity index (χ4v) is 3.31. The van der Waals surface area contributed by atoms with Gasteiger partial charge in [0.15, 0.2) is 0 Å². The van der Waals surface area contributed by atoms with Crippen LogP contribution in [0.2, 0.25) is 0 Å². The molecule has 0 aliphatic carbocycles. The second kappa shape index (κ2) is 7.95. The number of nitrogens with zero attached hydrogens (tertiary/aromatic N) is 2. The smallest absolute Gasteiger partial charge is 0.251 e. The molecule has 0 saturated carbocycles. The number of rotatable bonds is 5. The van der Waals surface area contributed by atoms with Gasteiger partial charge in [-0.25, -0.2) is 0 Å². The normalized spacial score (nSPS) is 22.0. The minimum Gasteiger partial charge on any atom is -0.352 e. The number of likely N-dealkylation sites (tertiary alicyclic amines) is 1. The third-order valence-corrected chi connectivity index (χ3v) is 4.14. The topological polar surface area (TPSA) is 56.1 Å². The van der Waals surface area contributed by atoms with Gasteiger partial charge in [0.1, 0.15) is 0 Å². The molecule has 0 aromatic heterocycles. The van der Waals surface area contributed by atoms with Crippen LogP contribution >= 0.6 is 0 Å². The highest BCUT2D eigenvalue weighted by Gasteiger charge is 2.21. The van der Waals surface area contributed by atoms with Crippen molar-refractivity contribution in [1.82, 2.24) is 10.2 Å². The van der Waals surface area contributed by atoms with E-state index in [1.807, 2.05) is 0 Å². The Bertz CT molecular complexity index is 540. The van der Waals surface area contributed by atoms with Crippen molar-refractivity contribution in [3.05, 3.63) is 35.4 Å². The summed E-state index contributed by atoms with van der Waals surface area (Å²) in [6.45, 7) is 8.67. The number of piperidine rings is 1. The lowest BCUT2D eigenvalue weighted by atomic mass is 9.92. The van der Waals surface area contributed by atoms with Crippen molar-refractivity contribution in [3.8, 4) is 6.07 Å². The highest BCUT2D eigenvalue weighted by molar-refractivity contribution is 5.94. The molecule has 0 spiro atoms. The van der Waals surface area contributed by atoms with E-state index in [2.05, 4.69) is 30.1 Å². The number of hydrogen-bond acceptors (Lipinski definition) is 3. The van der Waals surface area contributed by atoms with Gasteiger partial charge in [0.05, 0.1) is 11.6 Å². The van der Waals surface area contributed by atoms with Crippen molar-refractivity contribution in [1.29, 1.82) is 5.26 Å². The molecular formula is C18H25N3O. The summed E-state index contributed by atoms with van der Waals surface area (Å²) in [5.74, 6) is 1.44. The van der Waals surface area contributed by atoms with Crippen LogP contribution in [-0.4, -0.2) is 37.0 Å². The lowest BCUT2D eigenvalue weighted by molar-refractivity contribution is 0.0947. The Morgan fingerprint density at radius 1 is 1.36 bits per heavy atom. The Morgan fingerprint density at radius 3 is 2.77 bits per heavy atom. The minimum absolute atomic E-state index is 0.0996. The summed E-state index contributed by atoms with van der Waals surface area (Å²) in [5.41, 5.74) is 1.07. The van der Waals surface area contributed by atoms with Crippen LogP contribution in [0.4, 0.5) is 0 Å². The van der Waals surface area contributed by atoms with E-state index in [1.165, 1.54) is 19.5 Å². The van der Waals surface area contributed by atoms with Gasteiger partial charge in [0.25, 0.3) is 5.91 Å². The summed E-state index contributed by atoms with van der Waals surface area (Å²) >= 11 is 0. The van der Waals surface area contributed by atoms with Gasteiger partial charge < -0.3 is 10.2 Å². The molecule has 22 heavy (non-hydrogen) atoms. The summed E-state index contributed by atoms with van der Waals surface area (Å²) in [6.07, 6.45) is 2.28. The molecule has 4 nitrogen and oxygen atoms in total. The first kappa shape index (κ1) is 16.5. The number of nitrogens with one attached hydrogen (secondary N) is 1. The molecule has 1 aromatic carbocycles. The second-order valence-corrected chi connectivity index (χ2v) is 6.51. The van der Waals surface area contributed by atoms with Crippen molar-refractivity contribution in [3.63, 3.8) is 0 Å². The molecule has 1 aliphatic rings. The molecule has 1 aliphatic heterocycles. The maximum atomic E-state index is 12.0. The van der Waals surface area contributed by atoms with E-state index in [0.717, 1.165) is 24.8 Å². The molecule has 0 unspecified atom stereocenters. The maximum absolute atomic E-state index is 12.0. The zero-order chi connectivity index (χ0) is 15.9. The van der Waals surface area contributed by atoms with E-state index in [1.54, 1.807) is 24.3 Å². The Balaban J connectivity index is 1.72. The third kappa shape index (κ3) is 4.85. The van der Waals surface area contributed by atoms with Gasteiger partial charge in [-0.15, -0.1) is 0 Å². The van der Waals surface area contributed by atoms with Crippen LogP contribution in [0.5, 0.6) is 0 Å². The van der Waals surface area contributed by atoms with Crippen LogP contribution in [0.3, 0.4) is 0 Å². The summed E-state index contributed by atoms with van der Waals surface area (Å²) in [7, 11) is 0. The van der Waals surface area contributed by atoms with Gasteiger partial charge in [-0.1, -0.05) is 19.9 Å². The second-order valence-electron chi connectivity index (χ2n) is 6.51.